The average Bonchev–Trinajstić information content (AvgIpc) is 2.83. The number of nitrogens with zero attached hydrogens (tertiary/aromatic N) is 1. The molecule has 0 heterocycles. The van der Waals surface area contributed by atoms with E-state index in [4.69, 9.17) is 15.2 Å². The number of carbonyl (C=O) groups excluding carboxylic acids is 4. The van der Waals surface area contributed by atoms with E-state index in [0.29, 0.717) is 17.0 Å². The second kappa shape index (κ2) is 13.5. The van der Waals surface area contributed by atoms with Gasteiger partial charge in [-0.15, -0.1) is 0 Å². The van der Waals surface area contributed by atoms with Crippen LogP contribution in [0.25, 0.3) is 0 Å². The Kier molecular flexibility index (Phi) is 10.9. The van der Waals surface area contributed by atoms with Crippen LogP contribution in [0.4, 0.5) is 10.5 Å². The third-order valence-corrected chi connectivity index (χ3v) is 6.21. The predicted octanol–water partition coefficient (Wildman–Crippen LogP) is 4.78. The summed E-state index contributed by atoms with van der Waals surface area (Å²) in [6.45, 7) is 14.4. The fourth-order valence-corrected chi connectivity index (χ4v) is 4.42. The van der Waals surface area contributed by atoms with Crippen LogP contribution < -0.4 is 21.1 Å². The van der Waals surface area contributed by atoms with Crippen LogP contribution in [0.2, 0.25) is 0 Å². The maximum Gasteiger partial charge on any atom is 0.408 e. The van der Waals surface area contributed by atoms with Crippen LogP contribution in [-0.4, -0.2) is 53.0 Å². The van der Waals surface area contributed by atoms with Crippen LogP contribution in [0, 0.1) is 13.8 Å². The second-order valence-electron chi connectivity index (χ2n) is 12.1. The van der Waals surface area contributed by atoms with Gasteiger partial charge < -0.3 is 30.7 Å². The number of methoxy groups -OCH3 is 1. The van der Waals surface area contributed by atoms with Gasteiger partial charge >= 0.3 is 6.09 Å². The molecule has 10 heteroatoms. The summed E-state index contributed by atoms with van der Waals surface area (Å²) in [5.41, 5.74) is 6.64. The van der Waals surface area contributed by atoms with Gasteiger partial charge in [-0.3, -0.25) is 14.4 Å². The van der Waals surface area contributed by atoms with Gasteiger partial charge in [0.1, 0.15) is 23.4 Å². The summed E-state index contributed by atoms with van der Waals surface area (Å²) in [4.78, 5) is 54.3. The van der Waals surface area contributed by atoms with Crippen molar-refractivity contribution in [1.82, 2.24) is 10.2 Å². The quantitative estimate of drug-likeness (QED) is 0.377. The van der Waals surface area contributed by atoms with Gasteiger partial charge in [0.15, 0.2) is 0 Å². The third kappa shape index (κ3) is 9.81. The van der Waals surface area contributed by atoms with Crippen LogP contribution in [0.3, 0.4) is 0 Å². The highest BCUT2D eigenvalue weighted by atomic mass is 16.6. The first-order valence-electron chi connectivity index (χ1n) is 13.6. The summed E-state index contributed by atoms with van der Waals surface area (Å²) >= 11 is 0. The van der Waals surface area contributed by atoms with Crippen molar-refractivity contribution >= 4 is 29.5 Å². The van der Waals surface area contributed by atoms with Gasteiger partial charge in [-0.1, -0.05) is 23.8 Å². The number of nitrogens with one attached hydrogen (secondary N) is 2. The molecule has 0 bridgehead atoms. The number of anilines is 1. The zero-order chi connectivity index (χ0) is 31.1. The van der Waals surface area contributed by atoms with E-state index in [1.165, 1.54) is 4.90 Å². The van der Waals surface area contributed by atoms with Crippen LogP contribution in [0.5, 0.6) is 5.75 Å². The number of hydrogen-bond acceptors (Lipinski definition) is 6. The van der Waals surface area contributed by atoms with Gasteiger partial charge in [-0.2, -0.15) is 0 Å². The molecule has 10 nitrogen and oxygen atoms in total. The number of amides is 4. The van der Waals surface area contributed by atoms with E-state index < -0.39 is 47.0 Å². The minimum absolute atomic E-state index is 0.0698. The Bertz CT molecular complexity index is 1240. The lowest BCUT2D eigenvalue weighted by Crippen LogP contribution is -2.58. The summed E-state index contributed by atoms with van der Waals surface area (Å²) in [5, 5.41) is 5.53. The molecule has 0 aliphatic heterocycles. The average molecular weight is 569 g/mol. The summed E-state index contributed by atoms with van der Waals surface area (Å²) in [5.74, 6) is -0.999. The van der Waals surface area contributed by atoms with E-state index in [2.05, 4.69) is 10.6 Å². The predicted molar refractivity (Wildman–Crippen MR) is 158 cm³/mol. The Balaban J connectivity index is 2.63. The van der Waals surface area contributed by atoms with Crippen LogP contribution in [-0.2, 0) is 19.1 Å². The molecule has 41 heavy (non-hydrogen) atoms. The molecule has 2 unspecified atom stereocenters. The standard InChI is InChI=1S/C31H44N4O6/c1-19-10-15-23(20(2)18-19)26(27(37)33-21-11-13-22(40-9)14-12-21)35(30(3,4)5)28(38)24(16-17-25(32)36)34-29(39)41-31(6,7)8/h10-15,18,24,26H,16-17H2,1-9H3,(H2,32,36)(H,33,37)(H,34,39). The first-order chi connectivity index (χ1) is 18.9. The fourth-order valence-electron chi connectivity index (χ4n) is 4.42. The number of carbonyl (C=O) groups is 4. The van der Waals surface area contributed by atoms with Gasteiger partial charge in [0.05, 0.1) is 7.11 Å². The first kappa shape index (κ1) is 33.1. The van der Waals surface area contributed by atoms with Gasteiger partial charge in [0.2, 0.25) is 11.8 Å². The fraction of sp³-hybridized carbons (Fsp3) is 0.484. The third-order valence-electron chi connectivity index (χ3n) is 6.21. The number of benzene rings is 2. The second-order valence-corrected chi connectivity index (χ2v) is 12.1. The zero-order valence-corrected chi connectivity index (χ0v) is 25.6. The minimum Gasteiger partial charge on any atom is -0.497 e. The van der Waals surface area contributed by atoms with Crippen molar-refractivity contribution in [3.8, 4) is 5.75 Å². The highest BCUT2D eigenvalue weighted by Crippen LogP contribution is 2.33. The Morgan fingerprint density at radius 3 is 2.05 bits per heavy atom. The Morgan fingerprint density at radius 1 is 0.951 bits per heavy atom. The smallest absolute Gasteiger partial charge is 0.408 e. The molecule has 0 aliphatic carbocycles. The van der Waals surface area contributed by atoms with Crippen LogP contribution in [0.1, 0.15) is 77.1 Å². The summed E-state index contributed by atoms with van der Waals surface area (Å²) in [6.07, 6.45) is -1.05. The summed E-state index contributed by atoms with van der Waals surface area (Å²) < 4.78 is 10.6. The van der Waals surface area contributed by atoms with Crippen molar-refractivity contribution < 1.29 is 28.7 Å². The maximum atomic E-state index is 14.3. The molecule has 4 N–H and O–H groups in total. The number of primary amides is 1. The molecular formula is C31H44N4O6. The van der Waals surface area contributed by atoms with Gasteiger partial charge in [-0.05, 0) is 97.2 Å². The van der Waals surface area contributed by atoms with Crippen molar-refractivity contribution in [2.24, 2.45) is 5.73 Å². The molecule has 0 radical (unpaired) electrons. The van der Waals surface area contributed by atoms with Crippen molar-refractivity contribution in [1.29, 1.82) is 0 Å². The molecule has 2 rings (SSSR count). The lowest BCUT2D eigenvalue weighted by Gasteiger charge is -2.43. The molecule has 0 spiro atoms. The van der Waals surface area contributed by atoms with Crippen molar-refractivity contribution in [2.75, 3.05) is 12.4 Å². The minimum atomic E-state index is -1.18. The SMILES string of the molecule is COc1ccc(NC(=O)C(c2ccc(C)cc2C)N(C(=O)C(CCC(N)=O)NC(=O)OC(C)(C)C)C(C)(C)C)cc1. The number of rotatable bonds is 10. The van der Waals surface area contributed by atoms with E-state index in [1.807, 2.05) is 32.0 Å². The van der Waals surface area contributed by atoms with Crippen molar-refractivity contribution in [3.63, 3.8) is 0 Å². The first-order valence-corrected chi connectivity index (χ1v) is 13.6. The number of nitrogens with two attached hydrogens (primary N) is 1. The van der Waals surface area contributed by atoms with E-state index in [1.54, 1.807) is 72.9 Å². The Labute approximate surface area is 242 Å². The van der Waals surface area contributed by atoms with Gasteiger partial charge in [0, 0.05) is 17.6 Å². The van der Waals surface area contributed by atoms with Crippen molar-refractivity contribution in [3.05, 3.63) is 59.2 Å². The van der Waals surface area contributed by atoms with Crippen LogP contribution in [0.15, 0.2) is 42.5 Å². The number of hydrogen-bond donors (Lipinski definition) is 3. The monoisotopic (exact) mass is 568 g/mol. The molecule has 2 atom stereocenters. The van der Waals surface area contributed by atoms with Crippen molar-refractivity contribution in [2.45, 2.75) is 91.5 Å². The van der Waals surface area contributed by atoms with E-state index in [-0.39, 0.29) is 12.8 Å². The molecule has 0 saturated heterocycles. The lowest BCUT2D eigenvalue weighted by molar-refractivity contribution is -0.147. The summed E-state index contributed by atoms with van der Waals surface area (Å²) in [7, 11) is 1.55. The number of alkyl carbamates (subject to hydrolysis) is 1. The molecule has 4 amide bonds. The highest BCUT2D eigenvalue weighted by molar-refractivity contribution is 5.99. The Morgan fingerprint density at radius 2 is 1.56 bits per heavy atom. The lowest BCUT2D eigenvalue weighted by atomic mass is 9.91. The normalized spacial score (nSPS) is 13.0. The number of ether oxygens (including phenoxy) is 2. The summed E-state index contributed by atoms with van der Waals surface area (Å²) in [6, 6.07) is 10.2. The van der Waals surface area contributed by atoms with E-state index in [9.17, 15) is 19.2 Å². The highest BCUT2D eigenvalue weighted by Gasteiger charge is 2.42. The topological polar surface area (TPSA) is 140 Å². The largest absolute Gasteiger partial charge is 0.497 e. The molecule has 0 aliphatic rings. The van der Waals surface area contributed by atoms with Gasteiger partial charge in [0.25, 0.3) is 5.91 Å². The van der Waals surface area contributed by atoms with Crippen LogP contribution >= 0.6 is 0 Å². The van der Waals surface area contributed by atoms with Gasteiger partial charge in [-0.25, -0.2) is 4.79 Å². The number of aryl methyl sites for hydroxylation is 2. The molecule has 0 aromatic heterocycles. The molecule has 0 saturated carbocycles. The molecule has 2 aromatic rings. The molecular weight excluding hydrogens is 524 g/mol. The molecule has 0 fully saturated rings. The van der Waals surface area contributed by atoms with E-state index in [0.717, 1.165) is 11.1 Å². The zero-order valence-electron chi connectivity index (χ0n) is 25.6. The Hall–Kier alpha value is -4.08. The maximum absolute atomic E-state index is 14.3. The van der Waals surface area contributed by atoms with E-state index >= 15 is 0 Å². The molecule has 224 valence electrons. The molecule has 2 aromatic carbocycles.